The van der Waals surface area contributed by atoms with Gasteiger partial charge in [0.1, 0.15) is 0 Å². The molecule has 2 atom stereocenters. The maximum absolute atomic E-state index is 3.37. The summed E-state index contributed by atoms with van der Waals surface area (Å²) < 4.78 is 0. The Labute approximate surface area is 49.9 Å². The average Bonchev–Trinajstić information content (AvgIpc) is 1.89. The molecular formula is C6H12N2. The van der Waals surface area contributed by atoms with E-state index >= 15 is 0 Å². The fourth-order valence-electron chi connectivity index (χ4n) is 1.68. The minimum absolute atomic E-state index is 0.869. The van der Waals surface area contributed by atoms with Crippen LogP contribution in [-0.2, 0) is 0 Å². The van der Waals surface area contributed by atoms with E-state index < -0.39 is 0 Å². The van der Waals surface area contributed by atoms with Crippen molar-refractivity contribution in [3.05, 3.63) is 0 Å². The van der Waals surface area contributed by atoms with E-state index in [0.717, 1.165) is 12.1 Å². The van der Waals surface area contributed by atoms with Gasteiger partial charge in [0.2, 0.25) is 0 Å². The fourth-order valence-corrected chi connectivity index (χ4v) is 1.68. The number of likely N-dealkylation sites (N-methyl/N-ethyl adjacent to an activating group) is 1. The number of piperidine rings is 1. The standard InChI is InChI=1S/C6H12N2/c1-8-5-2-6(8)4-7-3-5/h5-7H,2-4H2,1H3/t5-,6?/m1/s1. The molecule has 3 heterocycles. The topological polar surface area (TPSA) is 15.3 Å². The lowest BCUT2D eigenvalue weighted by Crippen LogP contribution is -2.66. The number of nitrogens with one attached hydrogen (secondary N) is 1. The van der Waals surface area contributed by atoms with Crippen molar-refractivity contribution in [1.29, 1.82) is 0 Å². The Morgan fingerprint density at radius 2 is 2.00 bits per heavy atom. The van der Waals surface area contributed by atoms with Gasteiger partial charge in [-0.3, -0.25) is 4.90 Å². The van der Waals surface area contributed by atoms with Crippen LogP contribution in [0.15, 0.2) is 0 Å². The molecule has 0 saturated carbocycles. The van der Waals surface area contributed by atoms with Gasteiger partial charge in [-0.2, -0.15) is 0 Å². The summed E-state index contributed by atoms with van der Waals surface area (Å²) in [5.74, 6) is 0. The third-order valence-corrected chi connectivity index (χ3v) is 2.46. The Balaban J connectivity index is 2.03. The monoisotopic (exact) mass is 112 g/mol. The zero-order valence-corrected chi connectivity index (χ0v) is 5.22. The van der Waals surface area contributed by atoms with Crippen molar-refractivity contribution in [2.24, 2.45) is 0 Å². The molecule has 3 saturated heterocycles. The summed E-state index contributed by atoms with van der Waals surface area (Å²) in [7, 11) is 2.22. The van der Waals surface area contributed by atoms with E-state index in [1.54, 1.807) is 0 Å². The zero-order valence-electron chi connectivity index (χ0n) is 5.22. The van der Waals surface area contributed by atoms with Crippen LogP contribution in [0, 0.1) is 0 Å². The lowest BCUT2D eigenvalue weighted by atomic mass is 9.90. The predicted molar refractivity (Wildman–Crippen MR) is 32.8 cm³/mol. The summed E-state index contributed by atoms with van der Waals surface area (Å²) in [4.78, 5) is 2.47. The van der Waals surface area contributed by atoms with E-state index in [-0.39, 0.29) is 0 Å². The van der Waals surface area contributed by atoms with Gasteiger partial charge in [0.05, 0.1) is 0 Å². The Morgan fingerprint density at radius 1 is 1.38 bits per heavy atom. The summed E-state index contributed by atoms with van der Waals surface area (Å²) in [6, 6.07) is 1.74. The number of piperazine rings is 1. The van der Waals surface area contributed by atoms with Gasteiger partial charge in [-0.15, -0.1) is 0 Å². The smallest absolute Gasteiger partial charge is 0.0236 e. The van der Waals surface area contributed by atoms with Crippen LogP contribution in [0.3, 0.4) is 0 Å². The Kier molecular flexibility index (Phi) is 0.866. The lowest BCUT2D eigenvalue weighted by Gasteiger charge is -2.51. The molecular weight excluding hydrogens is 100 g/mol. The summed E-state index contributed by atoms with van der Waals surface area (Å²) in [6.45, 7) is 2.43. The molecule has 0 aliphatic carbocycles. The maximum Gasteiger partial charge on any atom is 0.0236 e. The zero-order chi connectivity index (χ0) is 5.56. The Morgan fingerprint density at radius 3 is 2.25 bits per heavy atom. The number of hydrogen-bond acceptors (Lipinski definition) is 2. The van der Waals surface area contributed by atoms with Crippen LogP contribution in [0.25, 0.3) is 0 Å². The van der Waals surface area contributed by atoms with Gasteiger partial charge < -0.3 is 5.32 Å². The molecule has 0 radical (unpaired) electrons. The summed E-state index contributed by atoms with van der Waals surface area (Å²) >= 11 is 0. The largest absolute Gasteiger partial charge is 0.314 e. The molecule has 3 fully saturated rings. The van der Waals surface area contributed by atoms with Crippen LogP contribution in [0.2, 0.25) is 0 Å². The molecule has 1 unspecified atom stereocenters. The molecule has 0 aromatic rings. The second kappa shape index (κ2) is 1.45. The van der Waals surface area contributed by atoms with Gasteiger partial charge >= 0.3 is 0 Å². The Bertz CT molecular complexity index is 88.7. The second-order valence-electron chi connectivity index (χ2n) is 2.87. The molecule has 8 heavy (non-hydrogen) atoms. The van der Waals surface area contributed by atoms with Gasteiger partial charge in [0.15, 0.2) is 0 Å². The highest BCUT2D eigenvalue weighted by molar-refractivity contribution is 4.97. The highest BCUT2D eigenvalue weighted by atomic mass is 15.3. The maximum atomic E-state index is 3.37. The van der Waals surface area contributed by atoms with Crippen LogP contribution in [-0.4, -0.2) is 37.1 Å². The van der Waals surface area contributed by atoms with Gasteiger partial charge in [-0.25, -0.2) is 0 Å². The van der Waals surface area contributed by atoms with Crippen molar-refractivity contribution < 1.29 is 0 Å². The van der Waals surface area contributed by atoms with Crippen LogP contribution in [0.4, 0.5) is 0 Å². The molecule has 3 rings (SSSR count). The van der Waals surface area contributed by atoms with Crippen LogP contribution >= 0.6 is 0 Å². The van der Waals surface area contributed by atoms with Crippen LogP contribution < -0.4 is 5.32 Å². The molecule has 2 heteroatoms. The molecule has 0 aromatic heterocycles. The summed E-state index contributed by atoms with van der Waals surface area (Å²) in [5.41, 5.74) is 0. The van der Waals surface area contributed by atoms with Gasteiger partial charge in [0, 0.05) is 25.2 Å². The molecule has 2 nitrogen and oxygen atoms in total. The first-order chi connectivity index (χ1) is 3.88. The molecule has 2 bridgehead atoms. The first-order valence-electron chi connectivity index (χ1n) is 3.30. The predicted octanol–water partition coefficient (Wildman–Crippen LogP) is -0.338. The minimum atomic E-state index is 0.869. The van der Waals surface area contributed by atoms with Gasteiger partial charge in [-0.05, 0) is 13.5 Å². The van der Waals surface area contributed by atoms with E-state index in [4.69, 9.17) is 0 Å². The number of hydrogen-bond donors (Lipinski definition) is 1. The second-order valence-corrected chi connectivity index (χ2v) is 2.87. The first-order valence-corrected chi connectivity index (χ1v) is 3.30. The fraction of sp³-hybridized carbons (Fsp3) is 1.00. The van der Waals surface area contributed by atoms with Crippen molar-refractivity contribution in [2.75, 3.05) is 20.1 Å². The van der Waals surface area contributed by atoms with Gasteiger partial charge in [-0.1, -0.05) is 0 Å². The van der Waals surface area contributed by atoms with E-state index in [1.807, 2.05) is 0 Å². The Hall–Kier alpha value is -0.0800. The van der Waals surface area contributed by atoms with E-state index in [1.165, 1.54) is 19.5 Å². The third kappa shape index (κ3) is 0.446. The minimum Gasteiger partial charge on any atom is -0.314 e. The lowest BCUT2D eigenvalue weighted by molar-refractivity contribution is 0.0125. The quantitative estimate of drug-likeness (QED) is 0.461. The SMILES string of the molecule is CN1C2CNC[C@H]1C2. The van der Waals surface area contributed by atoms with E-state index in [9.17, 15) is 0 Å². The van der Waals surface area contributed by atoms with Crippen molar-refractivity contribution in [1.82, 2.24) is 10.2 Å². The molecule has 1 N–H and O–H groups in total. The highest BCUT2D eigenvalue weighted by Crippen LogP contribution is 2.25. The van der Waals surface area contributed by atoms with Crippen molar-refractivity contribution >= 4 is 0 Å². The van der Waals surface area contributed by atoms with E-state index in [0.29, 0.717) is 0 Å². The molecule has 0 spiro atoms. The average molecular weight is 112 g/mol. The molecule has 46 valence electrons. The highest BCUT2D eigenvalue weighted by Gasteiger charge is 2.37. The number of fused-ring (bicyclic) bond motifs is 2. The normalized spacial score (nSPS) is 46.1. The first kappa shape index (κ1) is 4.77. The van der Waals surface area contributed by atoms with Crippen LogP contribution in [0.5, 0.6) is 0 Å². The molecule has 3 aliphatic rings. The van der Waals surface area contributed by atoms with Crippen molar-refractivity contribution in [3.8, 4) is 0 Å². The third-order valence-electron chi connectivity index (χ3n) is 2.46. The summed E-state index contributed by atoms with van der Waals surface area (Å²) in [6.07, 6.45) is 1.43. The number of nitrogens with zero attached hydrogens (tertiary/aromatic N) is 1. The molecule has 0 aromatic carbocycles. The molecule has 0 amide bonds. The van der Waals surface area contributed by atoms with Crippen molar-refractivity contribution in [3.63, 3.8) is 0 Å². The molecule has 3 aliphatic heterocycles. The van der Waals surface area contributed by atoms with Gasteiger partial charge in [0.25, 0.3) is 0 Å². The van der Waals surface area contributed by atoms with Crippen LogP contribution in [0.1, 0.15) is 6.42 Å². The van der Waals surface area contributed by atoms with Crippen molar-refractivity contribution in [2.45, 2.75) is 18.5 Å². The summed E-state index contributed by atoms with van der Waals surface area (Å²) in [5, 5.41) is 3.37. The van der Waals surface area contributed by atoms with E-state index in [2.05, 4.69) is 17.3 Å². The number of rotatable bonds is 0.